The average molecular weight is 301 g/mol. The van der Waals surface area contributed by atoms with E-state index in [1.54, 1.807) is 0 Å². The first-order valence-electron chi connectivity index (χ1n) is 7.53. The highest BCUT2D eigenvalue weighted by Gasteiger charge is 2.20. The molecule has 2 rings (SSSR count). The number of benzene rings is 1. The maximum atomic E-state index is 12.3. The maximum Gasteiger partial charge on any atom is 0.227 e. The Labute approximate surface area is 131 Å². The Hall–Kier alpha value is -2.30. The predicted octanol–water partition coefficient (Wildman–Crippen LogP) is 2.85. The summed E-state index contributed by atoms with van der Waals surface area (Å²) in [5.41, 5.74) is 3.84. The Morgan fingerprint density at radius 3 is 2.55 bits per heavy atom. The van der Waals surface area contributed by atoms with Crippen molar-refractivity contribution >= 4 is 5.91 Å². The standard InChI is InChI=1S/C17H23N3O2/c1-5-22-15-8-6-14(7-9-15)10-18-17(21)11(2)16-12(3)19-20-13(16)4/h6-9,11H,5,10H2,1-4H3,(H,18,21)(H,19,20)/t11-/m1/s1. The van der Waals surface area contributed by atoms with Crippen molar-refractivity contribution < 1.29 is 9.53 Å². The molecule has 0 radical (unpaired) electrons. The molecule has 0 fully saturated rings. The molecule has 1 aromatic heterocycles. The molecule has 5 heteroatoms. The molecule has 0 aliphatic carbocycles. The van der Waals surface area contributed by atoms with Crippen LogP contribution in [0.5, 0.6) is 5.75 Å². The van der Waals surface area contributed by atoms with Crippen LogP contribution in [0.25, 0.3) is 0 Å². The third kappa shape index (κ3) is 3.67. The lowest BCUT2D eigenvalue weighted by Gasteiger charge is -2.13. The number of aromatic amines is 1. The highest BCUT2D eigenvalue weighted by Crippen LogP contribution is 2.21. The van der Waals surface area contributed by atoms with E-state index >= 15 is 0 Å². The number of aryl methyl sites for hydroxylation is 2. The van der Waals surface area contributed by atoms with Crippen LogP contribution in [-0.2, 0) is 11.3 Å². The van der Waals surface area contributed by atoms with Crippen LogP contribution >= 0.6 is 0 Å². The molecule has 0 spiro atoms. The SMILES string of the molecule is CCOc1ccc(CNC(=O)[C@H](C)c2c(C)n[nH]c2C)cc1. The Morgan fingerprint density at radius 1 is 1.32 bits per heavy atom. The van der Waals surface area contributed by atoms with Gasteiger partial charge >= 0.3 is 0 Å². The first-order chi connectivity index (χ1) is 10.5. The van der Waals surface area contributed by atoms with Crippen molar-refractivity contribution in [3.8, 4) is 5.75 Å². The molecule has 0 bridgehead atoms. The van der Waals surface area contributed by atoms with Crippen molar-refractivity contribution in [3.63, 3.8) is 0 Å². The second kappa shape index (κ2) is 7.11. The smallest absolute Gasteiger partial charge is 0.227 e. The second-order valence-corrected chi connectivity index (χ2v) is 5.36. The Bertz CT molecular complexity index is 612. The summed E-state index contributed by atoms with van der Waals surface area (Å²) in [6, 6.07) is 7.76. The van der Waals surface area contributed by atoms with Crippen LogP contribution in [0.1, 0.15) is 42.3 Å². The summed E-state index contributed by atoms with van der Waals surface area (Å²) in [6.07, 6.45) is 0. The van der Waals surface area contributed by atoms with Crippen LogP contribution in [0.3, 0.4) is 0 Å². The lowest BCUT2D eigenvalue weighted by Crippen LogP contribution is -2.28. The lowest BCUT2D eigenvalue weighted by atomic mass is 9.98. The summed E-state index contributed by atoms with van der Waals surface area (Å²) in [4.78, 5) is 12.3. The molecule has 0 aliphatic rings. The van der Waals surface area contributed by atoms with Gasteiger partial charge < -0.3 is 10.1 Å². The zero-order valence-corrected chi connectivity index (χ0v) is 13.6. The molecule has 2 aromatic rings. The number of rotatable bonds is 6. The fourth-order valence-electron chi connectivity index (χ4n) is 2.54. The third-order valence-corrected chi connectivity index (χ3v) is 3.71. The van der Waals surface area contributed by atoms with Crippen LogP contribution in [0, 0.1) is 13.8 Å². The molecule has 5 nitrogen and oxygen atoms in total. The zero-order valence-electron chi connectivity index (χ0n) is 13.6. The second-order valence-electron chi connectivity index (χ2n) is 5.36. The Morgan fingerprint density at radius 2 is 2.00 bits per heavy atom. The van der Waals surface area contributed by atoms with Crippen LogP contribution in [0.2, 0.25) is 0 Å². The van der Waals surface area contributed by atoms with Gasteiger partial charge in [-0.1, -0.05) is 12.1 Å². The number of hydrogen-bond acceptors (Lipinski definition) is 3. The number of carbonyl (C=O) groups excluding carboxylic acids is 1. The highest BCUT2D eigenvalue weighted by atomic mass is 16.5. The first-order valence-corrected chi connectivity index (χ1v) is 7.53. The number of aromatic nitrogens is 2. The topological polar surface area (TPSA) is 67.0 Å². The average Bonchev–Trinajstić information content (AvgIpc) is 2.85. The van der Waals surface area contributed by atoms with E-state index < -0.39 is 0 Å². The maximum absolute atomic E-state index is 12.3. The molecule has 1 heterocycles. The molecule has 118 valence electrons. The molecular formula is C17H23N3O2. The van der Waals surface area contributed by atoms with Gasteiger partial charge in [-0.05, 0) is 45.4 Å². The number of carbonyl (C=O) groups is 1. The van der Waals surface area contributed by atoms with E-state index in [4.69, 9.17) is 4.74 Å². The zero-order chi connectivity index (χ0) is 16.1. The summed E-state index contributed by atoms with van der Waals surface area (Å²) < 4.78 is 5.40. The molecule has 1 aromatic carbocycles. The normalized spacial score (nSPS) is 12.0. The minimum atomic E-state index is -0.221. The van der Waals surface area contributed by atoms with Gasteiger partial charge in [-0.3, -0.25) is 9.89 Å². The minimum Gasteiger partial charge on any atom is -0.494 e. The number of ether oxygens (including phenoxy) is 1. The van der Waals surface area contributed by atoms with Gasteiger partial charge in [-0.25, -0.2) is 0 Å². The summed E-state index contributed by atoms with van der Waals surface area (Å²) in [5.74, 6) is 0.624. The molecule has 1 atom stereocenters. The number of hydrogen-bond donors (Lipinski definition) is 2. The quantitative estimate of drug-likeness (QED) is 0.862. The van der Waals surface area contributed by atoms with E-state index in [1.807, 2.05) is 52.0 Å². The Balaban J connectivity index is 1.95. The van der Waals surface area contributed by atoms with E-state index in [0.717, 1.165) is 28.3 Å². The predicted molar refractivity (Wildman–Crippen MR) is 85.9 cm³/mol. The van der Waals surface area contributed by atoms with Crippen LogP contribution in [-0.4, -0.2) is 22.7 Å². The summed E-state index contributed by atoms with van der Waals surface area (Å²) in [7, 11) is 0. The van der Waals surface area contributed by atoms with E-state index in [0.29, 0.717) is 13.2 Å². The molecule has 2 N–H and O–H groups in total. The van der Waals surface area contributed by atoms with Gasteiger partial charge in [0.1, 0.15) is 5.75 Å². The first kappa shape index (κ1) is 16.1. The number of nitrogens with one attached hydrogen (secondary N) is 2. The molecule has 0 aliphatic heterocycles. The largest absolute Gasteiger partial charge is 0.494 e. The van der Waals surface area contributed by atoms with E-state index in [9.17, 15) is 4.79 Å². The van der Waals surface area contributed by atoms with Gasteiger partial charge in [0.25, 0.3) is 0 Å². The molecular weight excluding hydrogens is 278 g/mol. The van der Waals surface area contributed by atoms with Gasteiger partial charge in [-0.2, -0.15) is 5.10 Å². The van der Waals surface area contributed by atoms with Crippen molar-refractivity contribution in [2.45, 2.75) is 40.2 Å². The lowest BCUT2D eigenvalue weighted by molar-refractivity contribution is -0.122. The van der Waals surface area contributed by atoms with E-state index in [2.05, 4.69) is 15.5 Å². The van der Waals surface area contributed by atoms with Crippen molar-refractivity contribution in [2.24, 2.45) is 0 Å². The molecule has 22 heavy (non-hydrogen) atoms. The van der Waals surface area contributed by atoms with Gasteiger partial charge in [0, 0.05) is 17.8 Å². The molecule has 1 amide bonds. The van der Waals surface area contributed by atoms with Gasteiger partial charge in [0.2, 0.25) is 5.91 Å². The fourth-order valence-corrected chi connectivity index (χ4v) is 2.54. The Kier molecular flexibility index (Phi) is 5.20. The van der Waals surface area contributed by atoms with Crippen LogP contribution < -0.4 is 10.1 Å². The van der Waals surface area contributed by atoms with E-state index in [1.165, 1.54) is 0 Å². The molecule has 0 saturated heterocycles. The van der Waals surface area contributed by atoms with Gasteiger partial charge in [-0.15, -0.1) is 0 Å². The van der Waals surface area contributed by atoms with Crippen molar-refractivity contribution in [1.29, 1.82) is 0 Å². The monoisotopic (exact) mass is 301 g/mol. The summed E-state index contributed by atoms with van der Waals surface area (Å²) in [5, 5.41) is 10.0. The summed E-state index contributed by atoms with van der Waals surface area (Å²) >= 11 is 0. The number of amides is 1. The fraction of sp³-hybridized carbons (Fsp3) is 0.412. The highest BCUT2D eigenvalue weighted by molar-refractivity contribution is 5.83. The third-order valence-electron chi connectivity index (χ3n) is 3.71. The molecule has 0 saturated carbocycles. The number of H-pyrrole nitrogens is 1. The van der Waals surface area contributed by atoms with Crippen molar-refractivity contribution in [1.82, 2.24) is 15.5 Å². The number of nitrogens with zero attached hydrogens (tertiary/aromatic N) is 1. The van der Waals surface area contributed by atoms with Crippen molar-refractivity contribution in [2.75, 3.05) is 6.61 Å². The van der Waals surface area contributed by atoms with Crippen molar-refractivity contribution in [3.05, 3.63) is 46.8 Å². The summed E-state index contributed by atoms with van der Waals surface area (Å²) in [6.45, 7) is 8.86. The minimum absolute atomic E-state index is 0.00137. The van der Waals surface area contributed by atoms with Gasteiger partial charge in [0.05, 0.1) is 18.2 Å². The molecule has 0 unspecified atom stereocenters. The van der Waals surface area contributed by atoms with E-state index in [-0.39, 0.29) is 11.8 Å². The van der Waals surface area contributed by atoms with Crippen LogP contribution in [0.4, 0.5) is 0 Å². The van der Waals surface area contributed by atoms with Crippen LogP contribution in [0.15, 0.2) is 24.3 Å². The van der Waals surface area contributed by atoms with Gasteiger partial charge in [0.15, 0.2) is 0 Å².